The van der Waals surface area contributed by atoms with Crippen LogP contribution in [0, 0.1) is 0 Å². The molecular weight excluding hydrogens is 406 g/mol. The molecule has 6 heteroatoms. The first-order chi connectivity index (χ1) is 15.2. The summed E-state index contributed by atoms with van der Waals surface area (Å²) in [4.78, 5) is 32.1. The van der Waals surface area contributed by atoms with E-state index in [0.29, 0.717) is 6.54 Å². The summed E-state index contributed by atoms with van der Waals surface area (Å²) in [7, 11) is 0. The molecule has 2 N–H and O–H groups in total. The van der Waals surface area contributed by atoms with E-state index in [1.54, 1.807) is 6.07 Å². The van der Waals surface area contributed by atoms with Crippen LogP contribution >= 0.6 is 11.3 Å². The summed E-state index contributed by atoms with van der Waals surface area (Å²) in [6, 6.07) is 21.6. The highest BCUT2D eigenvalue weighted by atomic mass is 32.1. The Bertz CT molecular complexity index is 1280. The van der Waals surface area contributed by atoms with Gasteiger partial charge >= 0.3 is 0 Å². The third-order valence-corrected chi connectivity index (χ3v) is 6.94. The molecule has 2 aromatic heterocycles. The fraction of sp³-hybridized carbons (Fsp3) is 0.200. The lowest BCUT2D eigenvalue weighted by Gasteiger charge is -2.35. The molecule has 1 atom stereocenters. The van der Waals surface area contributed by atoms with Gasteiger partial charge in [-0.05, 0) is 46.5 Å². The van der Waals surface area contributed by atoms with Crippen molar-refractivity contribution in [1.29, 1.82) is 0 Å². The Morgan fingerprint density at radius 3 is 2.77 bits per heavy atom. The molecule has 0 radical (unpaired) electrons. The van der Waals surface area contributed by atoms with Crippen LogP contribution in [0.25, 0.3) is 10.9 Å². The monoisotopic (exact) mass is 429 g/mol. The fourth-order valence-corrected chi connectivity index (χ4v) is 5.16. The Morgan fingerprint density at radius 1 is 1.10 bits per heavy atom. The molecule has 5 nitrogen and oxygen atoms in total. The van der Waals surface area contributed by atoms with Crippen LogP contribution in [-0.4, -0.2) is 28.9 Å². The van der Waals surface area contributed by atoms with E-state index in [1.165, 1.54) is 10.4 Å². The number of hydrogen-bond donors (Lipinski definition) is 2. The Morgan fingerprint density at radius 2 is 1.90 bits per heavy atom. The maximum absolute atomic E-state index is 12.9. The molecule has 4 aromatic rings. The number of nitrogens with one attached hydrogen (secondary N) is 2. The summed E-state index contributed by atoms with van der Waals surface area (Å²) in [5.41, 5.74) is 3.03. The van der Waals surface area contributed by atoms with Crippen LogP contribution in [0.15, 0.2) is 76.9 Å². The maximum atomic E-state index is 12.9. The van der Waals surface area contributed by atoms with Crippen LogP contribution in [-0.2, 0) is 13.0 Å². The van der Waals surface area contributed by atoms with Gasteiger partial charge in [-0.1, -0.05) is 48.5 Å². The Hall–Kier alpha value is -3.22. The van der Waals surface area contributed by atoms with E-state index in [9.17, 15) is 9.59 Å². The molecule has 156 valence electrons. The molecule has 0 saturated heterocycles. The summed E-state index contributed by atoms with van der Waals surface area (Å²) in [5, 5.41) is 6.01. The maximum Gasteiger partial charge on any atom is 0.261 e. The van der Waals surface area contributed by atoms with Gasteiger partial charge in [-0.25, -0.2) is 0 Å². The average molecular weight is 430 g/mol. The van der Waals surface area contributed by atoms with Crippen molar-refractivity contribution in [2.45, 2.75) is 19.0 Å². The zero-order chi connectivity index (χ0) is 21.2. The third-order valence-electron chi connectivity index (χ3n) is 5.92. The number of rotatable bonds is 5. The van der Waals surface area contributed by atoms with E-state index >= 15 is 0 Å². The highest BCUT2D eigenvalue weighted by Gasteiger charge is 2.26. The SMILES string of the molecule is O=C(NCC(c1ccccc1)N1CCc2sccc2C1)c1cc2ccccc2[nH]c1=O. The molecule has 31 heavy (non-hydrogen) atoms. The first kappa shape index (κ1) is 19.7. The number of aromatic amines is 1. The molecule has 1 aliphatic heterocycles. The van der Waals surface area contributed by atoms with Crippen LogP contribution in [0.5, 0.6) is 0 Å². The van der Waals surface area contributed by atoms with E-state index in [2.05, 4.69) is 38.8 Å². The quantitative estimate of drug-likeness (QED) is 0.502. The Balaban J connectivity index is 1.38. The largest absolute Gasteiger partial charge is 0.350 e. The highest BCUT2D eigenvalue weighted by Crippen LogP contribution is 2.30. The van der Waals surface area contributed by atoms with Crippen molar-refractivity contribution >= 4 is 28.1 Å². The number of pyridine rings is 1. The van der Waals surface area contributed by atoms with Crippen molar-refractivity contribution in [2.24, 2.45) is 0 Å². The summed E-state index contributed by atoms with van der Waals surface area (Å²) >= 11 is 1.82. The van der Waals surface area contributed by atoms with Crippen molar-refractivity contribution < 1.29 is 4.79 Å². The van der Waals surface area contributed by atoms with Gasteiger partial charge in [0, 0.05) is 30.0 Å². The number of carbonyl (C=O) groups is 1. The van der Waals surface area contributed by atoms with E-state index < -0.39 is 0 Å². The molecule has 0 bridgehead atoms. The zero-order valence-corrected chi connectivity index (χ0v) is 17.8. The molecule has 1 amide bonds. The number of nitrogens with zero attached hydrogens (tertiary/aromatic N) is 1. The predicted octanol–water partition coefficient (Wildman–Crippen LogP) is 4.12. The van der Waals surface area contributed by atoms with Gasteiger partial charge in [-0.2, -0.15) is 0 Å². The number of aromatic nitrogens is 1. The van der Waals surface area contributed by atoms with Gasteiger partial charge in [0.1, 0.15) is 5.56 Å². The molecule has 0 spiro atoms. The minimum Gasteiger partial charge on any atom is -0.350 e. The number of amides is 1. The second-order valence-electron chi connectivity index (χ2n) is 7.83. The summed E-state index contributed by atoms with van der Waals surface area (Å²) < 4.78 is 0. The molecule has 0 aliphatic carbocycles. The van der Waals surface area contributed by atoms with Gasteiger partial charge in [0.15, 0.2) is 0 Å². The molecule has 2 aromatic carbocycles. The van der Waals surface area contributed by atoms with Crippen molar-refractivity contribution in [1.82, 2.24) is 15.2 Å². The number of fused-ring (bicyclic) bond motifs is 2. The molecule has 5 rings (SSSR count). The predicted molar refractivity (Wildman–Crippen MR) is 125 cm³/mol. The van der Waals surface area contributed by atoms with Gasteiger partial charge in [-0.15, -0.1) is 11.3 Å². The van der Waals surface area contributed by atoms with Crippen LogP contribution < -0.4 is 10.9 Å². The number of benzene rings is 2. The minimum atomic E-state index is -0.367. The van der Waals surface area contributed by atoms with Gasteiger partial charge in [0.2, 0.25) is 0 Å². The van der Waals surface area contributed by atoms with Crippen molar-refractivity contribution in [2.75, 3.05) is 13.1 Å². The van der Waals surface area contributed by atoms with Crippen LogP contribution in [0.4, 0.5) is 0 Å². The normalized spacial score (nSPS) is 14.8. The van der Waals surface area contributed by atoms with Gasteiger partial charge in [-0.3, -0.25) is 14.5 Å². The number of para-hydroxylation sites is 1. The summed E-state index contributed by atoms with van der Waals surface area (Å²) in [6.07, 6.45) is 1.02. The third kappa shape index (κ3) is 4.04. The van der Waals surface area contributed by atoms with E-state index in [4.69, 9.17) is 0 Å². The highest BCUT2D eigenvalue weighted by molar-refractivity contribution is 7.10. The van der Waals surface area contributed by atoms with Crippen LogP contribution in [0.2, 0.25) is 0 Å². The topological polar surface area (TPSA) is 65.2 Å². The van der Waals surface area contributed by atoms with Gasteiger partial charge in [0.05, 0.1) is 6.04 Å². The van der Waals surface area contributed by atoms with E-state index in [0.717, 1.165) is 36.0 Å². The Labute approximate surface area is 184 Å². The van der Waals surface area contributed by atoms with Gasteiger partial charge in [0.25, 0.3) is 11.5 Å². The van der Waals surface area contributed by atoms with Crippen LogP contribution in [0.3, 0.4) is 0 Å². The lowest BCUT2D eigenvalue weighted by molar-refractivity contribution is 0.0926. The molecule has 3 heterocycles. The lowest BCUT2D eigenvalue weighted by atomic mass is 10.0. The van der Waals surface area contributed by atoms with Gasteiger partial charge < -0.3 is 10.3 Å². The second kappa shape index (κ2) is 8.49. The van der Waals surface area contributed by atoms with Crippen molar-refractivity contribution in [3.63, 3.8) is 0 Å². The second-order valence-corrected chi connectivity index (χ2v) is 8.83. The zero-order valence-electron chi connectivity index (χ0n) is 17.0. The van der Waals surface area contributed by atoms with Crippen molar-refractivity contribution in [3.8, 4) is 0 Å². The molecule has 1 aliphatic rings. The molecule has 0 saturated carbocycles. The van der Waals surface area contributed by atoms with E-state index in [1.807, 2.05) is 53.8 Å². The lowest BCUT2D eigenvalue weighted by Crippen LogP contribution is -2.41. The fourth-order valence-electron chi connectivity index (χ4n) is 4.27. The first-order valence-electron chi connectivity index (χ1n) is 10.4. The van der Waals surface area contributed by atoms with Crippen LogP contribution in [0.1, 0.15) is 32.4 Å². The molecule has 1 unspecified atom stereocenters. The standard InChI is InChI=1S/C25H23N3O2S/c29-24(20-14-18-8-4-5-9-21(18)27-25(20)30)26-15-22(17-6-2-1-3-7-17)28-12-10-23-19(16-28)11-13-31-23/h1-9,11,13-14,22H,10,12,15-16H2,(H,26,29)(H,27,30). The van der Waals surface area contributed by atoms with E-state index in [-0.39, 0.29) is 23.1 Å². The number of carbonyl (C=O) groups excluding carboxylic acids is 1. The Kier molecular flexibility index (Phi) is 5.40. The number of H-pyrrole nitrogens is 1. The molecule has 0 fully saturated rings. The summed E-state index contributed by atoms with van der Waals surface area (Å²) in [5.74, 6) is -0.346. The summed E-state index contributed by atoms with van der Waals surface area (Å²) in [6.45, 7) is 2.25. The minimum absolute atomic E-state index is 0.0396. The smallest absolute Gasteiger partial charge is 0.261 e. The average Bonchev–Trinajstić information content (AvgIpc) is 3.27. The number of hydrogen-bond acceptors (Lipinski definition) is 4. The first-order valence-corrected chi connectivity index (χ1v) is 11.3. The number of thiophene rings is 1. The molecular formula is C25H23N3O2S. The van der Waals surface area contributed by atoms with Crippen molar-refractivity contribution in [3.05, 3.63) is 104 Å².